The van der Waals surface area contributed by atoms with Crippen molar-refractivity contribution in [1.82, 2.24) is 14.7 Å². The maximum absolute atomic E-state index is 13.1. The highest BCUT2D eigenvalue weighted by Crippen LogP contribution is 2.22. The number of benzene rings is 1. The normalized spacial score (nSPS) is 20.9. The largest absolute Gasteiger partial charge is 0.341 e. The zero-order valence-electron chi connectivity index (χ0n) is 16.4. The van der Waals surface area contributed by atoms with Crippen LogP contribution >= 0.6 is 11.3 Å². The molecule has 0 bridgehead atoms. The van der Waals surface area contributed by atoms with Crippen LogP contribution in [0.4, 0.5) is 4.39 Å². The highest BCUT2D eigenvalue weighted by Gasteiger charge is 2.36. The third kappa shape index (κ3) is 4.85. The number of carbonyl (C=O) groups is 2. The van der Waals surface area contributed by atoms with E-state index in [4.69, 9.17) is 0 Å². The topological polar surface area (TPSA) is 43.9 Å². The number of rotatable bonds is 5. The number of carbonyl (C=O) groups excluding carboxylic acids is 2. The Bertz CT molecular complexity index is 840. The minimum absolute atomic E-state index is 0.109. The fourth-order valence-electron chi connectivity index (χ4n) is 4.20. The maximum Gasteiger partial charge on any atom is 0.240 e. The van der Waals surface area contributed by atoms with Crippen LogP contribution in [0.25, 0.3) is 0 Å². The third-order valence-electron chi connectivity index (χ3n) is 5.79. The molecule has 0 aliphatic carbocycles. The van der Waals surface area contributed by atoms with Crippen LogP contribution < -0.4 is 0 Å². The molecule has 0 radical (unpaired) electrons. The van der Waals surface area contributed by atoms with Gasteiger partial charge in [0, 0.05) is 44.1 Å². The zero-order valence-corrected chi connectivity index (χ0v) is 17.2. The number of likely N-dealkylation sites (tertiary alicyclic amines) is 1. The number of halogens is 1. The molecule has 1 aromatic carbocycles. The Kier molecular flexibility index (Phi) is 6.25. The van der Waals surface area contributed by atoms with E-state index in [1.165, 1.54) is 12.1 Å². The molecule has 2 aliphatic rings. The van der Waals surface area contributed by atoms with Gasteiger partial charge in [0.2, 0.25) is 11.8 Å². The van der Waals surface area contributed by atoms with Crippen LogP contribution in [-0.4, -0.2) is 65.3 Å². The summed E-state index contributed by atoms with van der Waals surface area (Å²) in [6, 6.07) is 10.2. The smallest absolute Gasteiger partial charge is 0.240 e. The lowest BCUT2D eigenvalue weighted by Crippen LogP contribution is -2.44. The standard InChI is InChI=1S/C22H26FN3O2S/c23-18-6-4-17(5-7-18)16-26-11-8-20(22(26)28)24-9-2-10-25(13-12-24)21(27)15-19-3-1-14-29-19/h1,3-7,14,20H,2,8-13,15-16H2. The van der Waals surface area contributed by atoms with Gasteiger partial charge in [0.25, 0.3) is 0 Å². The molecule has 154 valence electrons. The molecule has 1 unspecified atom stereocenters. The van der Waals surface area contributed by atoms with E-state index in [0.29, 0.717) is 19.5 Å². The molecule has 1 atom stereocenters. The van der Waals surface area contributed by atoms with Crippen molar-refractivity contribution in [3.63, 3.8) is 0 Å². The lowest BCUT2D eigenvalue weighted by atomic mass is 10.2. The van der Waals surface area contributed by atoms with Crippen LogP contribution in [0, 0.1) is 5.82 Å². The van der Waals surface area contributed by atoms with Crippen molar-refractivity contribution < 1.29 is 14.0 Å². The summed E-state index contributed by atoms with van der Waals surface area (Å²) in [4.78, 5) is 32.7. The number of hydrogen-bond acceptors (Lipinski definition) is 4. The molecular formula is C22H26FN3O2S. The van der Waals surface area contributed by atoms with E-state index in [9.17, 15) is 14.0 Å². The average molecular weight is 416 g/mol. The van der Waals surface area contributed by atoms with E-state index in [0.717, 1.165) is 49.5 Å². The molecule has 0 spiro atoms. The monoisotopic (exact) mass is 415 g/mol. The molecule has 7 heteroatoms. The molecule has 2 aromatic rings. The van der Waals surface area contributed by atoms with Crippen molar-refractivity contribution in [3.8, 4) is 0 Å². The molecule has 2 amide bonds. The first-order valence-corrected chi connectivity index (χ1v) is 11.1. The molecule has 1 aromatic heterocycles. The summed E-state index contributed by atoms with van der Waals surface area (Å²) in [5.41, 5.74) is 0.946. The summed E-state index contributed by atoms with van der Waals surface area (Å²) in [6.45, 7) is 4.24. The van der Waals surface area contributed by atoms with Gasteiger partial charge in [-0.3, -0.25) is 14.5 Å². The van der Waals surface area contributed by atoms with E-state index in [2.05, 4.69) is 4.90 Å². The zero-order chi connectivity index (χ0) is 20.2. The molecule has 5 nitrogen and oxygen atoms in total. The van der Waals surface area contributed by atoms with Gasteiger partial charge >= 0.3 is 0 Å². The minimum Gasteiger partial charge on any atom is -0.341 e. The van der Waals surface area contributed by atoms with Crippen molar-refractivity contribution in [1.29, 1.82) is 0 Å². The first-order chi connectivity index (χ1) is 14.1. The van der Waals surface area contributed by atoms with Gasteiger partial charge in [0.1, 0.15) is 5.82 Å². The predicted molar refractivity (Wildman–Crippen MR) is 111 cm³/mol. The van der Waals surface area contributed by atoms with E-state index >= 15 is 0 Å². The molecule has 29 heavy (non-hydrogen) atoms. The van der Waals surface area contributed by atoms with Crippen LogP contribution in [0.1, 0.15) is 23.3 Å². The third-order valence-corrected chi connectivity index (χ3v) is 6.66. The molecule has 2 aliphatic heterocycles. The van der Waals surface area contributed by atoms with E-state index in [1.54, 1.807) is 23.5 Å². The average Bonchev–Trinajstić information content (AvgIpc) is 3.27. The van der Waals surface area contributed by atoms with Gasteiger partial charge in [-0.25, -0.2) is 4.39 Å². The second-order valence-corrected chi connectivity index (χ2v) is 8.75. The summed E-state index contributed by atoms with van der Waals surface area (Å²) in [5.74, 6) is 0.0554. The summed E-state index contributed by atoms with van der Waals surface area (Å²) >= 11 is 1.61. The Morgan fingerprint density at radius 2 is 1.90 bits per heavy atom. The van der Waals surface area contributed by atoms with Gasteiger partial charge in [-0.2, -0.15) is 0 Å². The lowest BCUT2D eigenvalue weighted by Gasteiger charge is -2.26. The first kappa shape index (κ1) is 20.0. The molecule has 4 rings (SSSR count). The van der Waals surface area contributed by atoms with Crippen molar-refractivity contribution in [2.24, 2.45) is 0 Å². The fourth-order valence-corrected chi connectivity index (χ4v) is 4.90. The summed E-state index contributed by atoms with van der Waals surface area (Å²) in [6.07, 6.45) is 2.16. The second-order valence-electron chi connectivity index (χ2n) is 7.72. The van der Waals surface area contributed by atoms with Gasteiger partial charge in [0.15, 0.2) is 0 Å². The highest BCUT2D eigenvalue weighted by molar-refractivity contribution is 7.10. The SMILES string of the molecule is O=C(Cc1cccs1)N1CCCN(C2CCN(Cc3ccc(F)cc3)C2=O)CC1. The van der Waals surface area contributed by atoms with Crippen molar-refractivity contribution in [2.75, 3.05) is 32.7 Å². The van der Waals surface area contributed by atoms with Crippen molar-refractivity contribution in [2.45, 2.75) is 31.8 Å². The van der Waals surface area contributed by atoms with Gasteiger partial charge in [0.05, 0.1) is 12.5 Å². The maximum atomic E-state index is 13.1. The van der Waals surface area contributed by atoms with Gasteiger partial charge < -0.3 is 9.80 Å². The number of nitrogens with zero attached hydrogens (tertiary/aromatic N) is 3. The Morgan fingerprint density at radius 1 is 1.07 bits per heavy atom. The molecular weight excluding hydrogens is 389 g/mol. The van der Waals surface area contributed by atoms with Crippen LogP contribution in [0.2, 0.25) is 0 Å². The van der Waals surface area contributed by atoms with E-state index in [1.807, 2.05) is 27.3 Å². The van der Waals surface area contributed by atoms with Crippen LogP contribution in [0.5, 0.6) is 0 Å². The summed E-state index contributed by atoms with van der Waals surface area (Å²) < 4.78 is 13.1. The number of amides is 2. The molecule has 0 saturated carbocycles. The summed E-state index contributed by atoms with van der Waals surface area (Å²) in [7, 11) is 0. The molecule has 3 heterocycles. The highest BCUT2D eigenvalue weighted by atomic mass is 32.1. The molecule has 0 N–H and O–H groups in total. The Balaban J connectivity index is 1.31. The number of hydrogen-bond donors (Lipinski definition) is 0. The summed E-state index contributed by atoms with van der Waals surface area (Å²) in [5, 5.41) is 2.00. The Labute approximate surface area is 174 Å². The van der Waals surface area contributed by atoms with Crippen LogP contribution in [0.15, 0.2) is 41.8 Å². The predicted octanol–water partition coefficient (Wildman–Crippen LogP) is 2.77. The van der Waals surface area contributed by atoms with Crippen LogP contribution in [-0.2, 0) is 22.6 Å². The minimum atomic E-state index is -0.262. The van der Waals surface area contributed by atoms with Gasteiger partial charge in [-0.05, 0) is 42.0 Å². The number of thiophene rings is 1. The fraction of sp³-hybridized carbons (Fsp3) is 0.455. The van der Waals surface area contributed by atoms with Gasteiger partial charge in [-0.15, -0.1) is 11.3 Å². The van der Waals surface area contributed by atoms with Crippen LogP contribution in [0.3, 0.4) is 0 Å². The first-order valence-electron chi connectivity index (χ1n) is 10.2. The molecule has 2 fully saturated rings. The van der Waals surface area contributed by atoms with Crippen molar-refractivity contribution in [3.05, 3.63) is 58.0 Å². The Morgan fingerprint density at radius 3 is 2.66 bits per heavy atom. The second kappa shape index (κ2) is 9.05. The Hall–Kier alpha value is -2.25. The van der Waals surface area contributed by atoms with Crippen molar-refractivity contribution >= 4 is 23.2 Å². The quantitative estimate of drug-likeness (QED) is 0.754. The molecule has 2 saturated heterocycles. The lowest BCUT2D eigenvalue weighted by molar-refractivity contribution is -0.132. The van der Waals surface area contributed by atoms with E-state index < -0.39 is 0 Å². The van der Waals surface area contributed by atoms with Gasteiger partial charge in [-0.1, -0.05) is 18.2 Å². The van der Waals surface area contributed by atoms with E-state index in [-0.39, 0.29) is 23.7 Å².